The minimum absolute atomic E-state index is 0.00445. The number of ether oxygens (including phenoxy) is 1. The van der Waals surface area contributed by atoms with Crippen LogP contribution in [0.15, 0.2) is 18.2 Å². The van der Waals surface area contributed by atoms with Crippen molar-refractivity contribution in [3.63, 3.8) is 0 Å². The Morgan fingerprint density at radius 2 is 1.95 bits per heavy atom. The van der Waals surface area contributed by atoms with Gasteiger partial charge < -0.3 is 20.3 Å². The van der Waals surface area contributed by atoms with Gasteiger partial charge >= 0.3 is 12.1 Å². The van der Waals surface area contributed by atoms with Gasteiger partial charge in [-0.2, -0.15) is 0 Å². The van der Waals surface area contributed by atoms with E-state index in [4.69, 9.17) is 9.84 Å². The summed E-state index contributed by atoms with van der Waals surface area (Å²) in [5.74, 6) is -0.961. The Balaban J connectivity index is 2.67. The minimum Gasteiger partial charge on any atom is -0.508 e. The number of nitrogens with one attached hydrogen (secondary N) is 1. The molecule has 6 heteroatoms. The molecule has 20 heavy (non-hydrogen) atoms. The second-order valence-corrected chi connectivity index (χ2v) is 5.39. The quantitative estimate of drug-likeness (QED) is 0.785. The zero-order valence-electron chi connectivity index (χ0n) is 11.8. The highest BCUT2D eigenvalue weighted by molar-refractivity contribution is 5.70. The maximum atomic E-state index is 11.5. The molecule has 1 aromatic carbocycles. The van der Waals surface area contributed by atoms with Crippen molar-refractivity contribution in [3.8, 4) is 5.75 Å². The van der Waals surface area contributed by atoms with Crippen molar-refractivity contribution in [2.75, 3.05) is 0 Å². The number of aromatic hydroxyl groups is 1. The Morgan fingerprint density at radius 3 is 2.50 bits per heavy atom. The molecule has 0 spiro atoms. The van der Waals surface area contributed by atoms with Crippen molar-refractivity contribution in [1.82, 2.24) is 5.32 Å². The second-order valence-electron chi connectivity index (χ2n) is 5.39. The highest BCUT2D eigenvalue weighted by atomic mass is 16.6. The molecule has 1 aromatic rings. The van der Waals surface area contributed by atoms with E-state index in [2.05, 4.69) is 5.32 Å². The topological polar surface area (TPSA) is 95.9 Å². The van der Waals surface area contributed by atoms with Gasteiger partial charge in [0.05, 0.1) is 6.42 Å². The molecule has 6 nitrogen and oxygen atoms in total. The van der Waals surface area contributed by atoms with Crippen LogP contribution in [0.5, 0.6) is 5.75 Å². The molecule has 0 radical (unpaired) electrons. The lowest BCUT2D eigenvalue weighted by Crippen LogP contribution is -2.32. The highest BCUT2D eigenvalue weighted by Crippen LogP contribution is 2.19. The molecule has 0 aromatic heterocycles. The first-order chi connectivity index (χ1) is 9.17. The average Bonchev–Trinajstić information content (AvgIpc) is 2.27. The smallest absolute Gasteiger partial charge is 0.407 e. The van der Waals surface area contributed by atoms with E-state index in [9.17, 15) is 14.7 Å². The Labute approximate surface area is 117 Å². The van der Waals surface area contributed by atoms with E-state index in [0.29, 0.717) is 11.1 Å². The molecule has 3 N–H and O–H groups in total. The summed E-state index contributed by atoms with van der Waals surface area (Å²) in [6.45, 7) is 5.31. The molecule has 0 aliphatic rings. The van der Waals surface area contributed by atoms with Gasteiger partial charge in [-0.3, -0.25) is 4.79 Å². The molecule has 0 unspecified atom stereocenters. The average molecular weight is 281 g/mol. The summed E-state index contributed by atoms with van der Waals surface area (Å²) in [5, 5.41) is 20.9. The monoisotopic (exact) mass is 281 g/mol. The summed E-state index contributed by atoms with van der Waals surface area (Å²) >= 11 is 0. The minimum atomic E-state index is -0.957. The van der Waals surface area contributed by atoms with Gasteiger partial charge in [-0.15, -0.1) is 0 Å². The predicted molar refractivity (Wildman–Crippen MR) is 72.5 cm³/mol. The molecule has 0 aliphatic carbocycles. The van der Waals surface area contributed by atoms with Gasteiger partial charge in [0.25, 0.3) is 0 Å². The summed E-state index contributed by atoms with van der Waals surface area (Å²) in [4.78, 5) is 22.1. The maximum Gasteiger partial charge on any atom is 0.407 e. The molecular weight excluding hydrogens is 262 g/mol. The van der Waals surface area contributed by atoms with Crippen LogP contribution in [0, 0.1) is 0 Å². The molecule has 0 fully saturated rings. The molecule has 0 bridgehead atoms. The first-order valence-electron chi connectivity index (χ1n) is 6.17. The molecule has 0 saturated carbocycles. The summed E-state index contributed by atoms with van der Waals surface area (Å²) in [5.41, 5.74) is 0.392. The van der Waals surface area contributed by atoms with Crippen molar-refractivity contribution >= 4 is 12.1 Å². The number of carboxylic acids is 1. The number of rotatable bonds is 4. The van der Waals surface area contributed by atoms with Crippen LogP contribution in [0.2, 0.25) is 0 Å². The largest absolute Gasteiger partial charge is 0.508 e. The molecule has 1 rings (SSSR count). The zero-order chi connectivity index (χ0) is 15.3. The Kier molecular flexibility index (Phi) is 4.96. The van der Waals surface area contributed by atoms with E-state index in [1.54, 1.807) is 26.8 Å². The summed E-state index contributed by atoms with van der Waals surface area (Å²) in [7, 11) is 0. The highest BCUT2D eigenvalue weighted by Gasteiger charge is 2.16. The Bertz CT molecular complexity index is 505. The molecule has 0 atom stereocenters. The molecule has 1 amide bonds. The molecular formula is C14H19NO5. The van der Waals surface area contributed by atoms with E-state index in [1.807, 2.05) is 0 Å². The fourth-order valence-corrected chi connectivity index (χ4v) is 1.55. The molecule has 0 saturated heterocycles. The molecule has 0 heterocycles. The lowest BCUT2D eigenvalue weighted by molar-refractivity contribution is -0.136. The molecule has 110 valence electrons. The van der Waals surface area contributed by atoms with Gasteiger partial charge in [0.2, 0.25) is 0 Å². The zero-order valence-corrected chi connectivity index (χ0v) is 11.8. The fourth-order valence-electron chi connectivity index (χ4n) is 1.55. The van der Waals surface area contributed by atoms with Crippen molar-refractivity contribution in [2.24, 2.45) is 0 Å². The Morgan fingerprint density at radius 1 is 1.30 bits per heavy atom. The van der Waals surface area contributed by atoms with Crippen molar-refractivity contribution in [1.29, 1.82) is 0 Å². The van der Waals surface area contributed by atoms with Gasteiger partial charge in [0.1, 0.15) is 11.4 Å². The van der Waals surface area contributed by atoms with E-state index >= 15 is 0 Å². The van der Waals surface area contributed by atoms with E-state index in [0.717, 1.165) is 0 Å². The number of hydrogen-bond donors (Lipinski definition) is 3. The van der Waals surface area contributed by atoms with Gasteiger partial charge in [-0.25, -0.2) is 4.79 Å². The van der Waals surface area contributed by atoms with Crippen LogP contribution in [0.25, 0.3) is 0 Å². The summed E-state index contributed by atoms with van der Waals surface area (Å²) in [6, 6.07) is 4.48. The van der Waals surface area contributed by atoms with Crippen LogP contribution in [0.4, 0.5) is 4.79 Å². The summed E-state index contributed by atoms with van der Waals surface area (Å²) in [6.07, 6.45) is -0.736. The fraction of sp³-hybridized carbons (Fsp3) is 0.429. The van der Waals surface area contributed by atoms with Crippen LogP contribution in [0.1, 0.15) is 31.9 Å². The van der Waals surface area contributed by atoms with Crippen molar-refractivity contribution < 1.29 is 24.5 Å². The SMILES string of the molecule is CC(C)(C)OC(=O)NCc1cc(CC(=O)O)ccc1O. The predicted octanol–water partition coefficient (Wildman–Crippen LogP) is 2.04. The lowest BCUT2D eigenvalue weighted by atomic mass is 10.1. The van der Waals surface area contributed by atoms with Crippen molar-refractivity contribution in [2.45, 2.75) is 39.3 Å². The first-order valence-corrected chi connectivity index (χ1v) is 6.17. The van der Waals surface area contributed by atoms with Gasteiger partial charge in [-0.05, 0) is 38.5 Å². The van der Waals surface area contributed by atoms with E-state index in [1.165, 1.54) is 12.1 Å². The number of aliphatic carboxylic acids is 1. The third-order valence-corrected chi connectivity index (χ3v) is 2.32. The number of hydrogen-bond acceptors (Lipinski definition) is 4. The number of carboxylic acid groups (broad SMARTS) is 1. The van der Waals surface area contributed by atoms with Crippen LogP contribution in [0.3, 0.4) is 0 Å². The number of amides is 1. The lowest BCUT2D eigenvalue weighted by Gasteiger charge is -2.19. The van der Waals surface area contributed by atoms with Gasteiger partial charge in [-0.1, -0.05) is 6.07 Å². The van der Waals surface area contributed by atoms with E-state index < -0.39 is 17.7 Å². The number of carbonyl (C=O) groups is 2. The number of benzene rings is 1. The number of carbonyl (C=O) groups excluding carboxylic acids is 1. The van der Waals surface area contributed by atoms with E-state index in [-0.39, 0.29) is 18.7 Å². The van der Waals surface area contributed by atoms with Crippen LogP contribution >= 0.6 is 0 Å². The number of phenols is 1. The standard InChI is InChI=1S/C14H19NO5/c1-14(2,3)20-13(19)15-8-10-6-9(7-12(17)18)4-5-11(10)16/h4-6,16H,7-8H2,1-3H3,(H,15,19)(H,17,18). The number of phenolic OH excluding ortho intramolecular Hbond substituents is 1. The first kappa shape index (κ1) is 15.8. The Hall–Kier alpha value is -2.24. The van der Waals surface area contributed by atoms with Crippen LogP contribution < -0.4 is 5.32 Å². The van der Waals surface area contributed by atoms with Crippen LogP contribution in [-0.2, 0) is 22.5 Å². The third-order valence-electron chi connectivity index (χ3n) is 2.32. The van der Waals surface area contributed by atoms with Gasteiger partial charge in [0.15, 0.2) is 0 Å². The third kappa shape index (κ3) is 5.60. The van der Waals surface area contributed by atoms with Gasteiger partial charge in [0, 0.05) is 12.1 Å². The number of alkyl carbamates (subject to hydrolysis) is 1. The molecule has 0 aliphatic heterocycles. The maximum absolute atomic E-state index is 11.5. The van der Waals surface area contributed by atoms with Crippen molar-refractivity contribution in [3.05, 3.63) is 29.3 Å². The van der Waals surface area contributed by atoms with Crippen LogP contribution in [-0.4, -0.2) is 27.9 Å². The summed E-state index contributed by atoms with van der Waals surface area (Å²) < 4.78 is 5.07. The normalized spacial score (nSPS) is 10.9. The second kappa shape index (κ2) is 6.27.